The molecule has 0 amide bonds. The van der Waals surface area contributed by atoms with Crippen molar-refractivity contribution in [2.45, 2.75) is 17.1 Å². The first-order chi connectivity index (χ1) is 7.59. The first kappa shape index (κ1) is 11.1. The molecule has 1 aliphatic heterocycles. The Labute approximate surface area is 93.7 Å². The highest BCUT2D eigenvalue weighted by atomic mass is 32.2. The minimum atomic E-state index is -2.54. The predicted octanol–water partition coefficient (Wildman–Crippen LogP) is 2.84. The Balaban J connectivity index is 2.45. The van der Waals surface area contributed by atoms with E-state index < -0.39 is 10.7 Å². The zero-order valence-electron chi connectivity index (χ0n) is 7.98. The summed E-state index contributed by atoms with van der Waals surface area (Å²) in [4.78, 5) is 10.5. The molecule has 16 heavy (non-hydrogen) atoms. The Bertz CT molecular complexity index is 439. The number of hydrogen-bond donors (Lipinski definition) is 0. The van der Waals surface area contributed by atoms with Gasteiger partial charge in [-0.25, -0.2) is 0 Å². The number of thioether (sulfide) groups is 1. The van der Waals surface area contributed by atoms with E-state index in [1.54, 1.807) is 0 Å². The number of benzene rings is 1. The number of nitro benzene ring substituents is 1. The second-order valence-corrected chi connectivity index (χ2v) is 4.16. The van der Waals surface area contributed by atoms with Gasteiger partial charge in [0.15, 0.2) is 0 Å². The average Bonchev–Trinajstić information content (AvgIpc) is 2.65. The minimum Gasteiger partial charge on any atom is -0.486 e. The number of alkyl halides is 2. The molecule has 4 nitrogen and oxygen atoms in total. The van der Waals surface area contributed by atoms with Crippen LogP contribution in [0.1, 0.15) is 5.56 Å². The SMILES string of the molecule is O=[N+]([O-])c1ccc(SC(F)F)c2c1OCC2. The van der Waals surface area contributed by atoms with Crippen molar-refractivity contribution in [3.05, 3.63) is 27.8 Å². The van der Waals surface area contributed by atoms with E-state index >= 15 is 0 Å². The Morgan fingerprint density at radius 3 is 2.88 bits per heavy atom. The van der Waals surface area contributed by atoms with Gasteiger partial charge in [-0.05, 0) is 6.07 Å². The Hall–Kier alpha value is -1.37. The van der Waals surface area contributed by atoms with Crippen molar-refractivity contribution in [1.29, 1.82) is 0 Å². The fourth-order valence-electron chi connectivity index (χ4n) is 1.60. The Morgan fingerprint density at radius 2 is 2.25 bits per heavy atom. The van der Waals surface area contributed by atoms with Crippen LogP contribution in [0.15, 0.2) is 17.0 Å². The predicted molar refractivity (Wildman–Crippen MR) is 54.2 cm³/mol. The summed E-state index contributed by atoms with van der Waals surface area (Å²) in [6.07, 6.45) is 0.437. The minimum absolute atomic E-state index is 0.135. The molecule has 7 heteroatoms. The van der Waals surface area contributed by atoms with Gasteiger partial charge < -0.3 is 4.74 Å². The van der Waals surface area contributed by atoms with E-state index in [9.17, 15) is 18.9 Å². The molecule has 0 unspecified atom stereocenters. The van der Waals surface area contributed by atoms with Crippen molar-refractivity contribution in [1.82, 2.24) is 0 Å². The number of ether oxygens (including phenoxy) is 1. The van der Waals surface area contributed by atoms with Crippen LogP contribution in [-0.4, -0.2) is 17.3 Å². The third-order valence-corrected chi connectivity index (χ3v) is 3.02. The molecule has 1 aliphatic rings. The van der Waals surface area contributed by atoms with Crippen LogP contribution in [0.25, 0.3) is 0 Å². The van der Waals surface area contributed by atoms with Crippen LogP contribution in [0.2, 0.25) is 0 Å². The highest BCUT2D eigenvalue weighted by Crippen LogP contribution is 2.42. The molecular formula is C9H7F2NO3S. The van der Waals surface area contributed by atoms with Gasteiger partial charge in [-0.1, -0.05) is 11.8 Å². The lowest BCUT2D eigenvalue weighted by molar-refractivity contribution is -0.385. The van der Waals surface area contributed by atoms with Crippen LogP contribution < -0.4 is 4.74 Å². The number of nitro groups is 1. The fraction of sp³-hybridized carbons (Fsp3) is 0.333. The van der Waals surface area contributed by atoms with E-state index in [4.69, 9.17) is 4.74 Å². The van der Waals surface area contributed by atoms with Gasteiger partial charge in [0, 0.05) is 22.9 Å². The summed E-state index contributed by atoms with van der Waals surface area (Å²) >= 11 is 0.388. The van der Waals surface area contributed by atoms with Gasteiger partial charge in [0.25, 0.3) is 5.76 Å². The van der Waals surface area contributed by atoms with Crippen LogP contribution in [0.3, 0.4) is 0 Å². The van der Waals surface area contributed by atoms with Crippen molar-refractivity contribution in [3.8, 4) is 5.75 Å². The van der Waals surface area contributed by atoms with E-state index in [1.807, 2.05) is 0 Å². The molecule has 0 aliphatic carbocycles. The zero-order chi connectivity index (χ0) is 11.7. The van der Waals surface area contributed by atoms with E-state index in [2.05, 4.69) is 0 Å². The summed E-state index contributed by atoms with van der Waals surface area (Å²) in [5, 5.41) is 10.7. The maximum absolute atomic E-state index is 12.2. The maximum atomic E-state index is 12.2. The molecule has 0 fully saturated rings. The van der Waals surface area contributed by atoms with E-state index in [0.717, 1.165) is 0 Å². The lowest BCUT2D eigenvalue weighted by Gasteiger charge is -2.06. The lowest BCUT2D eigenvalue weighted by Crippen LogP contribution is -1.94. The smallest absolute Gasteiger partial charge is 0.311 e. The second-order valence-electron chi connectivity index (χ2n) is 3.12. The van der Waals surface area contributed by atoms with Crippen LogP contribution in [0, 0.1) is 10.1 Å². The van der Waals surface area contributed by atoms with Gasteiger partial charge >= 0.3 is 5.69 Å². The molecule has 86 valence electrons. The Morgan fingerprint density at radius 1 is 1.50 bits per heavy atom. The monoisotopic (exact) mass is 247 g/mol. The molecule has 0 radical (unpaired) electrons. The summed E-state index contributed by atoms with van der Waals surface area (Å²) in [7, 11) is 0. The molecule has 1 aromatic carbocycles. The summed E-state index contributed by atoms with van der Waals surface area (Å²) in [5.41, 5.74) is 0.352. The molecule has 0 saturated heterocycles. The molecule has 1 aromatic rings. The zero-order valence-corrected chi connectivity index (χ0v) is 8.80. The van der Waals surface area contributed by atoms with Crippen LogP contribution in [-0.2, 0) is 6.42 Å². The fourth-order valence-corrected chi connectivity index (χ4v) is 2.28. The summed E-state index contributed by atoms with van der Waals surface area (Å²) in [6, 6.07) is 2.55. The highest BCUT2D eigenvalue weighted by Gasteiger charge is 2.27. The van der Waals surface area contributed by atoms with Gasteiger partial charge in [-0.15, -0.1) is 0 Å². The van der Waals surface area contributed by atoms with Gasteiger partial charge in [0.2, 0.25) is 5.75 Å². The lowest BCUT2D eigenvalue weighted by atomic mass is 10.1. The van der Waals surface area contributed by atoms with E-state index in [1.165, 1.54) is 12.1 Å². The summed E-state index contributed by atoms with van der Waals surface area (Å²) in [6.45, 7) is 0.303. The van der Waals surface area contributed by atoms with Crippen molar-refractivity contribution >= 4 is 17.4 Å². The van der Waals surface area contributed by atoms with Crippen molar-refractivity contribution in [2.75, 3.05) is 6.61 Å². The molecule has 0 saturated carbocycles. The molecule has 0 N–H and O–H groups in total. The van der Waals surface area contributed by atoms with Crippen molar-refractivity contribution in [2.24, 2.45) is 0 Å². The van der Waals surface area contributed by atoms with Crippen LogP contribution in [0.4, 0.5) is 14.5 Å². The van der Waals surface area contributed by atoms with Crippen LogP contribution in [0.5, 0.6) is 5.75 Å². The van der Waals surface area contributed by atoms with Crippen molar-refractivity contribution in [3.63, 3.8) is 0 Å². The number of nitrogens with zero attached hydrogens (tertiary/aromatic N) is 1. The highest BCUT2D eigenvalue weighted by molar-refractivity contribution is 7.99. The van der Waals surface area contributed by atoms with E-state index in [0.29, 0.717) is 35.2 Å². The van der Waals surface area contributed by atoms with Crippen LogP contribution >= 0.6 is 11.8 Å². The van der Waals surface area contributed by atoms with Gasteiger partial charge in [-0.3, -0.25) is 10.1 Å². The number of fused-ring (bicyclic) bond motifs is 1. The molecule has 2 rings (SSSR count). The normalized spacial score (nSPS) is 13.7. The summed E-state index contributed by atoms with van der Waals surface area (Å²) < 4.78 is 29.6. The topological polar surface area (TPSA) is 52.4 Å². The number of halogens is 2. The van der Waals surface area contributed by atoms with Gasteiger partial charge in [0.05, 0.1) is 11.5 Å². The van der Waals surface area contributed by atoms with E-state index in [-0.39, 0.29) is 11.4 Å². The molecule has 0 aromatic heterocycles. The van der Waals surface area contributed by atoms with Gasteiger partial charge in [0.1, 0.15) is 0 Å². The molecule has 0 bridgehead atoms. The first-order valence-corrected chi connectivity index (χ1v) is 5.35. The Kier molecular flexibility index (Phi) is 2.95. The largest absolute Gasteiger partial charge is 0.486 e. The van der Waals surface area contributed by atoms with Gasteiger partial charge in [-0.2, -0.15) is 8.78 Å². The number of hydrogen-bond acceptors (Lipinski definition) is 4. The molecule has 0 atom stereocenters. The average molecular weight is 247 g/mol. The number of rotatable bonds is 3. The second kappa shape index (κ2) is 4.25. The summed E-state index contributed by atoms with van der Waals surface area (Å²) in [5.74, 6) is -2.40. The molecular weight excluding hydrogens is 240 g/mol. The third kappa shape index (κ3) is 1.95. The maximum Gasteiger partial charge on any atom is 0.311 e. The van der Waals surface area contributed by atoms with Crippen molar-refractivity contribution < 1.29 is 18.4 Å². The first-order valence-electron chi connectivity index (χ1n) is 4.47. The molecule has 0 spiro atoms. The molecule has 1 heterocycles. The quantitative estimate of drug-likeness (QED) is 0.468. The standard InChI is InChI=1S/C9H7F2NO3S/c10-9(11)16-7-2-1-6(12(13)14)8-5(7)3-4-15-8/h1-2,9H,3-4H2. The third-order valence-electron chi connectivity index (χ3n) is 2.21.